The Morgan fingerprint density at radius 1 is 1.16 bits per heavy atom. The van der Waals surface area contributed by atoms with Gasteiger partial charge in [-0.1, -0.05) is 13.8 Å². The number of aromatic nitrogens is 1. The Labute approximate surface area is 147 Å². The Morgan fingerprint density at radius 3 is 2.68 bits per heavy atom. The van der Waals surface area contributed by atoms with Crippen molar-refractivity contribution in [1.29, 1.82) is 0 Å². The molecule has 5 rings (SSSR count). The molecule has 5 nitrogen and oxygen atoms in total. The summed E-state index contributed by atoms with van der Waals surface area (Å²) < 4.78 is 0. The fourth-order valence-corrected chi connectivity index (χ4v) is 5.17. The van der Waals surface area contributed by atoms with E-state index < -0.39 is 0 Å². The standard InChI is InChI=1S/C20H22N4O/c1-19(2)9-15-17(16(25)10-19)20(14-11-22-24-18(14)23-15)7-13(8-20)12-3-5-21-6-4-12/h3-6,13,23H,7-11H2,1-2H3. The molecule has 1 saturated carbocycles. The summed E-state index contributed by atoms with van der Waals surface area (Å²) in [5.41, 5.74) is 4.52. The van der Waals surface area contributed by atoms with Crippen LogP contribution in [0.5, 0.6) is 0 Å². The number of carbonyl (C=O) groups excluding carboxylic acids is 1. The molecule has 0 aromatic carbocycles. The van der Waals surface area contributed by atoms with Crippen molar-refractivity contribution in [2.75, 3.05) is 6.54 Å². The Morgan fingerprint density at radius 2 is 1.92 bits per heavy atom. The third kappa shape index (κ3) is 2.08. The lowest BCUT2D eigenvalue weighted by Crippen LogP contribution is -2.49. The van der Waals surface area contributed by atoms with Gasteiger partial charge < -0.3 is 5.32 Å². The minimum atomic E-state index is -0.152. The quantitative estimate of drug-likeness (QED) is 0.848. The van der Waals surface area contributed by atoms with Gasteiger partial charge in [-0.25, -0.2) is 0 Å². The predicted molar refractivity (Wildman–Crippen MR) is 93.6 cm³/mol. The zero-order valence-corrected chi connectivity index (χ0v) is 14.7. The number of dihydropyridines is 1. The zero-order chi connectivity index (χ0) is 17.2. The number of rotatable bonds is 1. The number of carbonyl (C=O) groups is 1. The first-order valence-electron chi connectivity index (χ1n) is 9.03. The van der Waals surface area contributed by atoms with Crippen LogP contribution < -0.4 is 5.32 Å². The van der Waals surface area contributed by atoms with Crippen LogP contribution in [-0.2, 0) is 4.79 Å². The Bertz CT molecular complexity index is 857. The largest absolute Gasteiger partial charge is 0.342 e. The summed E-state index contributed by atoms with van der Waals surface area (Å²) in [5.74, 6) is 1.69. The fraction of sp³-hybridized carbons (Fsp3) is 0.500. The van der Waals surface area contributed by atoms with Crippen LogP contribution in [0.1, 0.15) is 51.0 Å². The minimum Gasteiger partial charge on any atom is -0.342 e. The molecule has 5 heteroatoms. The molecule has 128 valence electrons. The van der Waals surface area contributed by atoms with Crippen LogP contribution in [0.4, 0.5) is 0 Å². The normalized spacial score (nSPS) is 32.4. The summed E-state index contributed by atoms with van der Waals surface area (Å²) in [6.07, 6.45) is 7.20. The molecular weight excluding hydrogens is 312 g/mol. The molecule has 0 unspecified atom stereocenters. The van der Waals surface area contributed by atoms with E-state index in [1.807, 2.05) is 12.4 Å². The van der Waals surface area contributed by atoms with E-state index >= 15 is 0 Å². The Kier molecular flexibility index (Phi) is 2.92. The molecule has 0 saturated heterocycles. The number of nitrogens with one attached hydrogen (secondary N) is 1. The summed E-state index contributed by atoms with van der Waals surface area (Å²) in [6.45, 7) is 4.96. The van der Waals surface area contributed by atoms with Gasteiger partial charge >= 0.3 is 0 Å². The molecule has 1 spiro atoms. The number of ketones is 1. The van der Waals surface area contributed by atoms with E-state index in [4.69, 9.17) is 0 Å². The average molecular weight is 334 g/mol. The van der Waals surface area contributed by atoms with Crippen molar-refractivity contribution in [3.63, 3.8) is 0 Å². The number of azo groups is 1. The second kappa shape index (κ2) is 4.87. The van der Waals surface area contributed by atoms with Gasteiger partial charge in [0.25, 0.3) is 0 Å². The molecule has 1 aromatic heterocycles. The molecular formula is C20H22N4O. The van der Waals surface area contributed by atoms with E-state index in [0.29, 0.717) is 24.7 Å². The van der Waals surface area contributed by atoms with Crippen molar-refractivity contribution in [2.45, 2.75) is 45.4 Å². The molecule has 25 heavy (non-hydrogen) atoms. The first-order valence-corrected chi connectivity index (χ1v) is 9.03. The number of pyridine rings is 1. The maximum atomic E-state index is 13.1. The van der Waals surface area contributed by atoms with Crippen molar-refractivity contribution in [1.82, 2.24) is 10.3 Å². The van der Waals surface area contributed by atoms with Crippen molar-refractivity contribution < 1.29 is 4.79 Å². The SMILES string of the molecule is CC1(C)CC(=O)C2=C(C1)NC1=C(CN=N1)C21CC(c2ccncc2)C1. The van der Waals surface area contributed by atoms with Crippen LogP contribution in [-0.4, -0.2) is 17.3 Å². The number of allylic oxidation sites excluding steroid dienone is 2. The van der Waals surface area contributed by atoms with E-state index in [2.05, 4.69) is 46.5 Å². The summed E-state index contributed by atoms with van der Waals surface area (Å²) in [7, 11) is 0. The van der Waals surface area contributed by atoms with Gasteiger partial charge in [-0.3, -0.25) is 9.78 Å². The minimum absolute atomic E-state index is 0.00612. The molecule has 0 radical (unpaired) electrons. The molecule has 1 fully saturated rings. The van der Waals surface area contributed by atoms with E-state index in [0.717, 1.165) is 36.4 Å². The summed E-state index contributed by atoms with van der Waals surface area (Å²) in [5, 5.41) is 12.0. The van der Waals surface area contributed by atoms with Gasteiger partial charge in [0.15, 0.2) is 11.6 Å². The third-order valence-corrected chi connectivity index (χ3v) is 6.25. The number of hydrogen-bond acceptors (Lipinski definition) is 5. The highest BCUT2D eigenvalue weighted by atomic mass is 16.1. The smallest absolute Gasteiger partial charge is 0.162 e. The molecule has 4 aliphatic rings. The summed E-state index contributed by atoms with van der Waals surface area (Å²) >= 11 is 0. The molecule has 0 atom stereocenters. The lowest BCUT2D eigenvalue weighted by atomic mass is 9.50. The lowest BCUT2D eigenvalue weighted by Gasteiger charge is -2.54. The highest BCUT2D eigenvalue weighted by Crippen LogP contribution is 2.64. The highest BCUT2D eigenvalue weighted by Gasteiger charge is 2.57. The fourth-order valence-electron chi connectivity index (χ4n) is 5.17. The molecule has 2 aliphatic carbocycles. The van der Waals surface area contributed by atoms with Crippen LogP contribution in [0, 0.1) is 10.8 Å². The van der Waals surface area contributed by atoms with Gasteiger partial charge in [0.05, 0.1) is 6.54 Å². The Balaban J connectivity index is 1.56. The first kappa shape index (κ1) is 15.0. The van der Waals surface area contributed by atoms with Crippen molar-refractivity contribution in [3.8, 4) is 0 Å². The van der Waals surface area contributed by atoms with Crippen molar-refractivity contribution in [2.24, 2.45) is 21.1 Å². The average Bonchev–Trinajstić information content (AvgIpc) is 2.98. The van der Waals surface area contributed by atoms with Crippen LogP contribution in [0.2, 0.25) is 0 Å². The van der Waals surface area contributed by atoms with Crippen LogP contribution in [0.3, 0.4) is 0 Å². The number of hydrogen-bond donors (Lipinski definition) is 1. The molecule has 0 bridgehead atoms. The van der Waals surface area contributed by atoms with Gasteiger partial charge in [0.1, 0.15) is 0 Å². The molecule has 3 heterocycles. The van der Waals surface area contributed by atoms with Gasteiger partial charge in [-0.2, -0.15) is 5.11 Å². The maximum absolute atomic E-state index is 13.1. The lowest BCUT2D eigenvalue weighted by molar-refractivity contribution is -0.120. The number of Topliss-reactive ketones (excluding diaryl/α,β-unsaturated/α-hetero) is 1. The third-order valence-electron chi connectivity index (χ3n) is 6.25. The number of fused-ring (bicyclic) bond motifs is 2. The highest BCUT2D eigenvalue weighted by molar-refractivity contribution is 6.00. The molecule has 1 aromatic rings. The second-order valence-electron chi connectivity index (χ2n) is 8.61. The van der Waals surface area contributed by atoms with Gasteiger partial charge in [0, 0.05) is 41.1 Å². The zero-order valence-electron chi connectivity index (χ0n) is 14.7. The van der Waals surface area contributed by atoms with Gasteiger partial charge in [-0.05, 0) is 48.3 Å². The topological polar surface area (TPSA) is 66.7 Å². The Hall–Kier alpha value is -2.30. The predicted octanol–water partition coefficient (Wildman–Crippen LogP) is 3.87. The van der Waals surface area contributed by atoms with Crippen molar-refractivity contribution >= 4 is 5.78 Å². The molecule has 0 amide bonds. The maximum Gasteiger partial charge on any atom is 0.162 e. The van der Waals surface area contributed by atoms with E-state index in [9.17, 15) is 4.79 Å². The van der Waals surface area contributed by atoms with Crippen molar-refractivity contribution in [3.05, 3.63) is 52.8 Å². The van der Waals surface area contributed by atoms with Gasteiger partial charge in [0.2, 0.25) is 0 Å². The van der Waals surface area contributed by atoms with Crippen LogP contribution in [0.15, 0.2) is 57.4 Å². The van der Waals surface area contributed by atoms with Crippen LogP contribution >= 0.6 is 0 Å². The molecule has 2 aliphatic heterocycles. The summed E-state index contributed by atoms with van der Waals surface area (Å²) in [4.78, 5) is 17.2. The van der Waals surface area contributed by atoms with Gasteiger partial charge in [-0.15, -0.1) is 5.11 Å². The van der Waals surface area contributed by atoms with Crippen LogP contribution in [0.25, 0.3) is 0 Å². The molecule has 1 N–H and O–H groups in total. The second-order valence-corrected chi connectivity index (χ2v) is 8.61. The van der Waals surface area contributed by atoms with E-state index in [-0.39, 0.29) is 10.8 Å². The van der Waals surface area contributed by atoms with E-state index in [1.54, 1.807) is 0 Å². The monoisotopic (exact) mass is 334 g/mol. The first-order chi connectivity index (χ1) is 12.0. The summed E-state index contributed by atoms with van der Waals surface area (Å²) in [6, 6.07) is 4.19. The number of nitrogens with zero attached hydrogens (tertiary/aromatic N) is 3. The van der Waals surface area contributed by atoms with E-state index in [1.165, 1.54) is 11.1 Å².